The van der Waals surface area contributed by atoms with Crippen molar-refractivity contribution in [3.63, 3.8) is 0 Å². The normalized spacial score (nSPS) is 18.4. The smallest absolute Gasteiger partial charge is 0.210 e. The molecule has 1 fully saturated rings. The summed E-state index contributed by atoms with van der Waals surface area (Å²) in [4.78, 5) is 13.3. The van der Waals surface area contributed by atoms with E-state index in [0.29, 0.717) is 13.2 Å². The van der Waals surface area contributed by atoms with Gasteiger partial charge >= 0.3 is 0 Å². The summed E-state index contributed by atoms with van der Waals surface area (Å²) in [6, 6.07) is 16.7. The minimum Gasteiger partial charge on any atom is -0.489 e. The molecule has 24 heavy (non-hydrogen) atoms. The number of amides is 1. The predicted molar refractivity (Wildman–Crippen MR) is 93.8 cm³/mol. The molecule has 0 bridgehead atoms. The van der Waals surface area contributed by atoms with Crippen molar-refractivity contribution < 1.29 is 9.53 Å². The van der Waals surface area contributed by atoms with Gasteiger partial charge in [0.1, 0.15) is 12.4 Å². The van der Waals surface area contributed by atoms with E-state index >= 15 is 0 Å². The Balaban J connectivity index is 1.58. The maximum absolute atomic E-state index is 11.4. The molecule has 1 heterocycles. The third kappa shape index (κ3) is 2.79. The Labute approximate surface area is 143 Å². The van der Waals surface area contributed by atoms with Crippen molar-refractivity contribution in [2.75, 3.05) is 6.54 Å². The molecule has 1 saturated carbocycles. The molecule has 0 N–H and O–H groups in total. The first kappa shape index (κ1) is 15.3. The van der Waals surface area contributed by atoms with Crippen LogP contribution in [0.4, 0.5) is 0 Å². The van der Waals surface area contributed by atoms with Crippen LogP contribution in [0.3, 0.4) is 0 Å². The van der Waals surface area contributed by atoms with Gasteiger partial charge in [-0.3, -0.25) is 4.79 Å². The fraction of sp³-hybridized carbons (Fsp3) is 0.381. The minimum atomic E-state index is 0.173. The molecular weight excluding hydrogens is 298 g/mol. The molecule has 1 spiro atoms. The number of benzene rings is 2. The molecule has 2 aromatic carbocycles. The van der Waals surface area contributed by atoms with Gasteiger partial charge in [-0.2, -0.15) is 0 Å². The Morgan fingerprint density at radius 3 is 2.62 bits per heavy atom. The highest BCUT2D eigenvalue weighted by Gasteiger charge is 2.41. The van der Waals surface area contributed by atoms with Gasteiger partial charge in [-0.15, -0.1) is 0 Å². The van der Waals surface area contributed by atoms with Crippen LogP contribution in [0.15, 0.2) is 48.5 Å². The van der Waals surface area contributed by atoms with E-state index in [1.165, 1.54) is 36.8 Å². The Morgan fingerprint density at radius 1 is 1.08 bits per heavy atom. The molecule has 1 aliphatic carbocycles. The molecule has 0 atom stereocenters. The van der Waals surface area contributed by atoms with Gasteiger partial charge in [0.15, 0.2) is 0 Å². The standard InChI is InChI=1S/C21H23NO2/c23-16-22-13-18-12-19(24-14-17-6-2-1-3-7-17)8-9-20(18)21(15-22)10-4-5-11-21/h1-3,6-9,12,16H,4-5,10-11,13-15H2. The van der Waals surface area contributed by atoms with E-state index in [4.69, 9.17) is 4.74 Å². The van der Waals surface area contributed by atoms with E-state index in [0.717, 1.165) is 24.3 Å². The number of carbonyl (C=O) groups excluding carboxylic acids is 1. The van der Waals surface area contributed by atoms with Crippen molar-refractivity contribution in [2.45, 2.75) is 44.2 Å². The molecular formula is C21H23NO2. The number of nitrogens with zero attached hydrogens (tertiary/aromatic N) is 1. The second-order valence-corrected chi connectivity index (χ2v) is 7.09. The fourth-order valence-corrected chi connectivity index (χ4v) is 4.35. The molecule has 4 rings (SSSR count). The molecule has 0 unspecified atom stereocenters. The zero-order chi connectivity index (χ0) is 16.4. The highest BCUT2D eigenvalue weighted by atomic mass is 16.5. The summed E-state index contributed by atoms with van der Waals surface area (Å²) in [6.45, 7) is 2.14. The Kier molecular flexibility index (Phi) is 4.01. The van der Waals surface area contributed by atoms with E-state index in [1.807, 2.05) is 23.1 Å². The second kappa shape index (κ2) is 6.31. The summed E-state index contributed by atoms with van der Waals surface area (Å²) in [7, 11) is 0. The van der Waals surface area contributed by atoms with Crippen molar-refractivity contribution in [3.05, 3.63) is 65.2 Å². The van der Waals surface area contributed by atoms with Crippen molar-refractivity contribution in [1.82, 2.24) is 4.90 Å². The molecule has 1 amide bonds. The minimum absolute atomic E-state index is 0.173. The lowest BCUT2D eigenvalue weighted by Crippen LogP contribution is -2.43. The molecule has 3 heteroatoms. The first-order valence-corrected chi connectivity index (χ1v) is 8.79. The summed E-state index contributed by atoms with van der Waals surface area (Å²) >= 11 is 0. The average Bonchev–Trinajstić information content (AvgIpc) is 3.09. The lowest BCUT2D eigenvalue weighted by molar-refractivity contribution is -0.120. The third-order valence-electron chi connectivity index (χ3n) is 5.49. The Hall–Kier alpha value is -2.29. The van der Waals surface area contributed by atoms with Crippen molar-refractivity contribution in [3.8, 4) is 5.75 Å². The van der Waals surface area contributed by atoms with Gasteiger partial charge in [0.25, 0.3) is 0 Å². The molecule has 0 saturated heterocycles. The van der Waals surface area contributed by atoms with E-state index < -0.39 is 0 Å². The average molecular weight is 321 g/mol. The predicted octanol–water partition coefficient (Wildman–Crippen LogP) is 4.05. The fourth-order valence-electron chi connectivity index (χ4n) is 4.35. The number of carbonyl (C=O) groups is 1. The quantitative estimate of drug-likeness (QED) is 0.795. The lowest BCUT2D eigenvalue weighted by Gasteiger charge is -2.40. The van der Waals surface area contributed by atoms with Gasteiger partial charge in [-0.25, -0.2) is 0 Å². The molecule has 2 aliphatic rings. The van der Waals surface area contributed by atoms with Gasteiger partial charge in [-0.05, 0) is 41.7 Å². The number of rotatable bonds is 4. The first-order valence-electron chi connectivity index (χ1n) is 8.79. The highest BCUT2D eigenvalue weighted by molar-refractivity contribution is 5.52. The van der Waals surface area contributed by atoms with Gasteiger partial charge in [0.2, 0.25) is 6.41 Å². The van der Waals surface area contributed by atoms with E-state index in [2.05, 4.69) is 30.3 Å². The number of hydrogen-bond acceptors (Lipinski definition) is 2. The number of fused-ring (bicyclic) bond motifs is 2. The van der Waals surface area contributed by atoms with Gasteiger partial charge in [-0.1, -0.05) is 49.2 Å². The zero-order valence-electron chi connectivity index (χ0n) is 13.9. The van der Waals surface area contributed by atoms with Crippen molar-refractivity contribution in [1.29, 1.82) is 0 Å². The largest absolute Gasteiger partial charge is 0.489 e. The SMILES string of the molecule is O=CN1Cc2cc(OCc3ccccc3)ccc2C2(CCCC2)C1. The number of ether oxygens (including phenoxy) is 1. The maximum atomic E-state index is 11.4. The zero-order valence-corrected chi connectivity index (χ0v) is 13.9. The summed E-state index contributed by atoms with van der Waals surface area (Å²) in [5, 5.41) is 0. The molecule has 0 aromatic heterocycles. The maximum Gasteiger partial charge on any atom is 0.210 e. The van der Waals surface area contributed by atoms with Crippen molar-refractivity contribution in [2.24, 2.45) is 0 Å². The molecule has 0 radical (unpaired) electrons. The second-order valence-electron chi connectivity index (χ2n) is 7.09. The van der Waals surface area contributed by atoms with Crippen LogP contribution in [0.1, 0.15) is 42.4 Å². The summed E-state index contributed by atoms with van der Waals surface area (Å²) in [5.41, 5.74) is 4.02. The third-order valence-corrected chi connectivity index (χ3v) is 5.49. The molecule has 124 valence electrons. The summed E-state index contributed by atoms with van der Waals surface area (Å²) in [5.74, 6) is 0.887. The van der Waals surface area contributed by atoms with E-state index in [1.54, 1.807) is 0 Å². The molecule has 3 nitrogen and oxygen atoms in total. The Bertz CT molecular complexity index is 720. The monoisotopic (exact) mass is 321 g/mol. The van der Waals surface area contributed by atoms with E-state index in [-0.39, 0.29) is 5.41 Å². The highest BCUT2D eigenvalue weighted by Crippen LogP contribution is 2.46. The van der Waals surface area contributed by atoms with Crippen LogP contribution in [-0.4, -0.2) is 17.9 Å². The first-order chi connectivity index (χ1) is 11.8. The van der Waals surface area contributed by atoms with Crippen LogP contribution in [0.25, 0.3) is 0 Å². The van der Waals surface area contributed by atoms with E-state index in [9.17, 15) is 4.79 Å². The van der Waals surface area contributed by atoms with Crippen molar-refractivity contribution >= 4 is 6.41 Å². The summed E-state index contributed by atoms with van der Waals surface area (Å²) in [6.07, 6.45) is 5.90. The van der Waals surface area contributed by atoms with Crippen LogP contribution < -0.4 is 4.74 Å². The molecule has 2 aromatic rings. The van der Waals surface area contributed by atoms with Gasteiger partial charge < -0.3 is 9.64 Å². The van der Waals surface area contributed by atoms with Crippen LogP contribution in [-0.2, 0) is 23.4 Å². The topological polar surface area (TPSA) is 29.5 Å². The van der Waals surface area contributed by atoms with Gasteiger partial charge in [0.05, 0.1) is 0 Å². The van der Waals surface area contributed by atoms with Crippen LogP contribution >= 0.6 is 0 Å². The molecule has 1 aliphatic heterocycles. The van der Waals surface area contributed by atoms with Gasteiger partial charge in [0, 0.05) is 18.5 Å². The number of hydrogen-bond donors (Lipinski definition) is 0. The van der Waals surface area contributed by atoms with Crippen LogP contribution in [0.2, 0.25) is 0 Å². The van der Waals surface area contributed by atoms with Crippen LogP contribution in [0.5, 0.6) is 5.75 Å². The summed E-state index contributed by atoms with van der Waals surface area (Å²) < 4.78 is 5.97. The van der Waals surface area contributed by atoms with Crippen LogP contribution in [0, 0.1) is 0 Å². The Morgan fingerprint density at radius 2 is 1.88 bits per heavy atom. The lowest BCUT2D eigenvalue weighted by atomic mass is 9.74.